The minimum Gasteiger partial charge on any atom is -0.445 e. The van der Waals surface area contributed by atoms with Gasteiger partial charge in [0.1, 0.15) is 6.61 Å². The SMILES string of the molecule is C=CC(=O)NCCC(=O)N1CCN(C(=O)OCc2ccccc2)CC1. The van der Waals surface area contributed by atoms with Gasteiger partial charge in [0, 0.05) is 39.1 Å². The molecule has 0 bridgehead atoms. The number of nitrogens with one attached hydrogen (secondary N) is 1. The lowest BCUT2D eigenvalue weighted by Gasteiger charge is -2.34. The van der Waals surface area contributed by atoms with Crippen LogP contribution in [0.1, 0.15) is 12.0 Å². The molecule has 1 aliphatic rings. The van der Waals surface area contributed by atoms with Gasteiger partial charge in [-0.25, -0.2) is 4.79 Å². The van der Waals surface area contributed by atoms with Gasteiger partial charge in [-0.1, -0.05) is 36.9 Å². The number of piperazine rings is 1. The first-order valence-corrected chi connectivity index (χ1v) is 8.24. The fraction of sp³-hybridized carbons (Fsp3) is 0.389. The van der Waals surface area contributed by atoms with Crippen LogP contribution in [0.2, 0.25) is 0 Å². The molecule has 1 aliphatic heterocycles. The molecule has 3 amide bonds. The van der Waals surface area contributed by atoms with Crippen molar-refractivity contribution in [2.75, 3.05) is 32.7 Å². The van der Waals surface area contributed by atoms with Gasteiger partial charge in [-0.15, -0.1) is 0 Å². The maximum absolute atomic E-state index is 12.1. The van der Waals surface area contributed by atoms with Crippen molar-refractivity contribution >= 4 is 17.9 Å². The van der Waals surface area contributed by atoms with Crippen molar-refractivity contribution in [2.24, 2.45) is 0 Å². The van der Waals surface area contributed by atoms with Gasteiger partial charge in [0.2, 0.25) is 11.8 Å². The Morgan fingerprint density at radius 1 is 1.08 bits per heavy atom. The summed E-state index contributed by atoms with van der Waals surface area (Å²) in [7, 11) is 0. The molecule has 7 nitrogen and oxygen atoms in total. The summed E-state index contributed by atoms with van der Waals surface area (Å²) >= 11 is 0. The van der Waals surface area contributed by atoms with Crippen molar-refractivity contribution in [2.45, 2.75) is 13.0 Å². The first-order valence-electron chi connectivity index (χ1n) is 8.24. The highest BCUT2D eigenvalue weighted by atomic mass is 16.6. The lowest BCUT2D eigenvalue weighted by atomic mass is 10.2. The minimum atomic E-state index is -0.366. The minimum absolute atomic E-state index is 0.0401. The van der Waals surface area contributed by atoms with E-state index in [1.165, 1.54) is 6.08 Å². The van der Waals surface area contributed by atoms with Crippen LogP contribution in [0.15, 0.2) is 43.0 Å². The molecule has 0 atom stereocenters. The predicted octanol–water partition coefficient (Wildman–Crippen LogP) is 1.16. The second-order valence-corrected chi connectivity index (χ2v) is 5.65. The van der Waals surface area contributed by atoms with Crippen molar-refractivity contribution in [1.82, 2.24) is 15.1 Å². The van der Waals surface area contributed by atoms with Crippen molar-refractivity contribution in [3.8, 4) is 0 Å². The number of hydrogen-bond donors (Lipinski definition) is 1. The van der Waals surface area contributed by atoms with Gasteiger partial charge in [-0.05, 0) is 11.6 Å². The average Bonchev–Trinajstić information content (AvgIpc) is 2.66. The Morgan fingerprint density at radius 2 is 1.72 bits per heavy atom. The summed E-state index contributed by atoms with van der Waals surface area (Å²) < 4.78 is 5.29. The number of nitrogens with zero attached hydrogens (tertiary/aromatic N) is 2. The molecule has 0 unspecified atom stereocenters. The molecule has 1 saturated heterocycles. The third-order valence-electron chi connectivity index (χ3n) is 3.92. The topological polar surface area (TPSA) is 79.0 Å². The molecule has 0 saturated carbocycles. The zero-order valence-electron chi connectivity index (χ0n) is 14.1. The highest BCUT2D eigenvalue weighted by Gasteiger charge is 2.24. The molecule has 1 fully saturated rings. The van der Waals surface area contributed by atoms with Crippen LogP contribution in [-0.2, 0) is 20.9 Å². The summed E-state index contributed by atoms with van der Waals surface area (Å²) in [6.07, 6.45) is 1.04. The molecule has 1 aromatic rings. The average molecular weight is 345 g/mol. The first-order chi connectivity index (χ1) is 12.1. The third kappa shape index (κ3) is 5.95. The summed E-state index contributed by atoms with van der Waals surface area (Å²) in [5, 5.41) is 2.57. The van der Waals surface area contributed by atoms with E-state index >= 15 is 0 Å². The van der Waals surface area contributed by atoms with Gasteiger partial charge in [-0.2, -0.15) is 0 Å². The molecule has 134 valence electrons. The number of carbonyl (C=O) groups excluding carboxylic acids is 3. The lowest BCUT2D eigenvalue weighted by Crippen LogP contribution is -2.51. The van der Waals surface area contributed by atoms with Gasteiger partial charge in [0.15, 0.2) is 0 Å². The maximum Gasteiger partial charge on any atom is 0.410 e. The van der Waals surface area contributed by atoms with Gasteiger partial charge in [0.05, 0.1) is 0 Å². The Labute approximate surface area is 147 Å². The van der Waals surface area contributed by atoms with E-state index in [9.17, 15) is 14.4 Å². The Hall–Kier alpha value is -2.83. The van der Waals surface area contributed by atoms with Gasteiger partial charge in [0.25, 0.3) is 0 Å². The second kappa shape index (κ2) is 9.46. The number of carbonyl (C=O) groups is 3. The number of hydrogen-bond acceptors (Lipinski definition) is 4. The summed E-state index contributed by atoms with van der Waals surface area (Å²) in [6, 6.07) is 9.49. The number of benzene rings is 1. The quantitative estimate of drug-likeness (QED) is 0.785. The number of ether oxygens (including phenoxy) is 1. The van der Waals surface area contributed by atoms with Crippen LogP contribution >= 0.6 is 0 Å². The molecule has 1 aromatic carbocycles. The van der Waals surface area contributed by atoms with Gasteiger partial charge >= 0.3 is 6.09 Å². The van der Waals surface area contributed by atoms with Gasteiger partial charge in [-0.3, -0.25) is 9.59 Å². The lowest BCUT2D eigenvalue weighted by molar-refractivity contribution is -0.132. The van der Waals surface area contributed by atoms with Crippen molar-refractivity contribution in [3.05, 3.63) is 48.6 Å². The fourth-order valence-corrected chi connectivity index (χ4v) is 2.47. The third-order valence-corrected chi connectivity index (χ3v) is 3.92. The van der Waals surface area contributed by atoms with Crippen LogP contribution in [0.3, 0.4) is 0 Å². The molecule has 1 heterocycles. The predicted molar refractivity (Wildman–Crippen MR) is 92.6 cm³/mol. The largest absolute Gasteiger partial charge is 0.445 e. The molecule has 7 heteroatoms. The summed E-state index contributed by atoms with van der Waals surface area (Å²) in [4.78, 5) is 38.5. The van der Waals surface area contributed by atoms with Gasteiger partial charge < -0.3 is 19.9 Å². The Bertz CT molecular complexity index is 610. The fourth-order valence-electron chi connectivity index (χ4n) is 2.47. The monoisotopic (exact) mass is 345 g/mol. The van der Waals surface area contributed by atoms with E-state index in [-0.39, 0.29) is 37.5 Å². The molecule has 0 radical (unpaired) electrons. The van der Waals surface area contributed by atoms with Crippen LogP contribution in [-0.4, -0.2) is 60.4 Å². The molecular formula is C18H23N3O4. The highest BCUT2D eigenvalue weighted by Crippen LogP contribution is 2.08. The van der Waals surface area contributed by atoms with E-state index in [1.54, 1.807) is 9.80 Å². The zero-order valence-corrected chi connectivity index (χ0v) is 14.1. The molecule has 1 N–H and O–H groups in total. The highest BCUT2D eigenvalue weighted by molar-refractivity contribution is 5.87. The smallest absolute Gasteiger partial charge is 0.410 e. The molecule has 2 rings (SSSR count). The number of amides is 3. The van der Waals surface area contributed by atoms with Crippen molar-refractivity contribution in [3.63, 3.8) is 0 Å². The van der Waals surface area contributed by atoms with E-state index in [2.05, 4.69) is 11.9 Å². The van der Waals surface area contributed by atoms with Crippen LogP contribution in [0.5, 0.6) is 0 Å². The molecule has 0 aromatic heterocycles. The van der Waals surface area contributed by atoms with Crippen LogP contribution in [0.4, 0.5) is 4.79 Å². The van der Waals surface area contributed by atoms with Crippen molar-refractivity contribution < 1.29 is 19.1 Å². The summed E-state index contributed by atoms with van der Waals surface area (Å²) in [5.41, 5.74) is 0.936. The van der Waals surface area contributed by atoms with E-state index in [1.807, 2.05) is 30.3 Å². The number of rotatable bonds is 6. The molecule has 0 aliphatic carbocycles. The maximum atomic E-state index is 12.1. The zero-order chi connectivity index (χ0) is 18.1. The van der Waals surface area contributed by atoms with Crippen molar-refractivity contribution in [1.29, 1.82) is 0 Å². The van der Waals surface area contributed by atoms with Crippen LogP contribution in [0, 0.1) is 0 Å². The van der Waals surface area contributed by atoms with E-state index in [0.717, 1.165) is 5.56 Å². The normalized spacial score (nSPS) is 13.9. The molecular weight excluding hydrogens is 322 g/mol. The van der Waals surface area contributed by atoms with E-state index in [0.29, 0.717) is 26.2 Å². The Balaban J connectivity index is 1.68. The second-order valence-electron chi connectivity index (χ2n) is 5.65. The Morgan fingerprint density at radius 3 is 2.36 bits per heavy atom. The van der Waals surface area contributed by atoms with E-state index in [4.69, 9.17) is 4.74 Å². The summed E-state index contributed by atoms with van der Waals surface area (Å²) in [6.45, 7) is 5.69. The van der Waals surface area contributed by atoms with Crippen LogP contribution in [0.25, 0.3) is 0 Å². The van der Waals surface area contributed by atoms with Crippen LogP contribution < -0.4 is 5.32 Å². The molecule has 25 heavy (non-hydrogen) atoms. The van der Waals surface area contributed by atoms with E-state index < -0.39 is 0 Å². The molecule has 0 spiro atoms. The Kier molecular flexibility index (Phi) is 7.00. The summed E-state index contributed by atoms with van der Waals surface area (Å²) in [5.74, 6) is -0.333. The first kappa shape index (κ1) is 18.5. The standard InChI is InChI=1S/C18H23N3O4/c1-2-16(22)19-9-8-17(23)20-10-12-21(13-11-20)18(24)25-14-15-6-4-3-5-7-15/h2-7H,1,8-14H2,(H,19,22).